The summed E-state index contributed by atoms with van der Waals surface area (Å²) in [6.45, 7) is 0. The quantitative estimate of drug-likeness (QED) is 0.585. The molecule has 0 aliphatic heterocycles. The minimum absolute atomic E-state index is 0.0293. The van der Waals surface area contributed by atoms with Gasteiger partial charge in [0.15, 0.2) is 11.3 Å². The zero-order valence-electron chi connectivity index (χ0n) is 3.82. The highest BCUT2D eigenvalue weighted by Crippen LogP contribution is 2.11. The maximum absolute atomic E-state index is 11.8. The van der Waals surface area contributed by atoms with Crippen LogP contribution in [0.3, 0.4) is 0 Å². The molecule has 0 aliphatic carbocycles. The van der Waals surface area contributed by atoms with Crippen molar-refractivity contribution in [3.8, 4) is 0 Å². The Morgan fingerprint density at radius 3 is 2.00 bits per heavy atom. The third-order valence-corrected chi connectivity index (χ3v) is 1.00. The van der Waals surface area contributed by atoms with Gasteiger partial charge in [0.2, 0.25) is 0 Å². The first-order valence-electron chi connectivity index (χ1n) is 1.87. The van der Waals surface area contributed by atoms with Crippen LogP contribution in [0.25, 0.3) is 0 Å². The van der Waals surface area contributed by atoms with Crippen molar-refractivity contribution in [1.82, 2.24) is 0 Å². The lowest BCUT2D eigenvalue weighted by molar-refractivity contribution is 0.285. The summed E-state index contributed by atoms with van der Waals surface area (Å²) in [6, 6.07) is 0. The van der Waals surface area contributed by atoms with Gasteiger partial charge in [-0.25, -0.2) is 13.2 Å². The predicted molar refractivity (Wildman–Crippen MR) is 29.0 cm³/mol. The maximum atomic E-state index is 11.8. The average molecular weight is 189 g/mol. The summed E-state index contributed by atoms with van der Waals surface area (Å²) in [4.78, 5) is 0. The second-order valence-electron chi connectivity index (χ2n) is 1.10. The molecule has 0 aromatic carbocycles. The Balaban J connectivity index is 3.47. The van der Waals surface area contributed by atoms with Crippen LogP contribution in [0.1, 0.15) is 0 Å². The number of rotatable bonds is 2. The average Bonchev–Trinajstić information content (AvgIpc) is 1.67. The Labute approximate surface area is 53.5 Å². The smallest absolute Gasteiger partial charge is 0.189 e. The van der Waals surface area contributed by atoms with E-state index in [9.17, 15) is 13.2 Å². The molecule has 0 rings (SSSR count). The van der Waals surface area contributed by atoms with Crippen molar-refractivity contribution in [1.29, 1.82) is 0 Å². The number of hydrogen-bond donors (Lipinski definition) is 0. The summed E-state index contributed by atoms with van der Waals surface area (Å²) in [5.74, 6) is 0. The molecule has 0 nitrogen and oxygen atoms in total. The molecular formula is C4H4BrF3. The molecule has 2 atom stereocenters. The molecule has 0 aliphatic rings. The van der Waals surface area contributed by atoms with Crippen LogP contribution in [-0.2, 0) is 0 Å². The summed E-state index contributed by atoms with van der Waals surface area (Å²) < 4.78 is 34.4. The summed E-state index contributed by atoms with van der Waals surface area (Å²) in [7, 11) is 0. The van der Waals surface area contributed by atoms with Gasteiger partial charge in [-0.2, -0.15) is 0 Å². The van der Waals surface area contributed by atoms with E-state index in [1.807, 2.05) is 0 Å². The second kappa shape index (κ2) is 3.95. The van der Waals surface area contributed by atoms with Gasteiger partial charge in [-0.1, -0.05) is 0 Å². The van der Waals surface area contributed by atoms with E-state index < -0.39 is 11.3 Å². The van der Waals surface area contributed by atoms with Crippen LogP contribution in [-0.4, -0.2) is 11.3 Å². The van der Waals surface area contributed by atoms with Crippen molar-refractivity contribution in [2.24, 2.45) is 0 Å². The van der Waals surface area contributed by atoms with Crippen LogP contribution in [0.4, 0.5) is 13.2 Å². The van der Waals surface area contributed by atoms with Gasteiger partial charge in [-0.15, -0.1) is 0 Å². The minimum Gasteiger partial charge on any atom is -0.239 e. The van der Waals surface area contributed by atoms with E-state index in [0.717, 1.165) is 0 Å². The molecule has 48 valence electrons. The van der Waals surface area contributed by atoms with Crippen molar-refractivity contribution in [3.05, 3.63) is 12.4 Å². The summed E-state index contributed by atoms with van der Waals surface area (Å²) in [6.07, 6.45) is -1.43. The topological polar surface area (TPSA) is 0 Å². The van der Waals surface area contributed by atoms with Crippen LogP contribution in [0.5, 0.6) is 0 Å². The Morgan fingerprint density at radius 2 is 1.88 bits per heavy atom. The Kier molecular flexibility index (Phi) is 3.95. The fourth-order valence-electron chi connectivity index (χ4n) is 0.153. The summed E-state index contributed by atoms with van der Waals surface area (Å²) >= 11 is 2.28. The lowest BCUT2D eigenvalue weighted by Gasteiger charge is -1.97. The number of allylic oxidation sites excluding steroid dienone is 1. The molecule has 4 heteroatoms. The molecule has 0 saturated heterocycles. The van der Waals surface area contributed by atoms with Gasteiger partial charge in [-0.05, 0) is 22.0 Å². The maximum Gasteiger partial charge on any atom is 0.189 e. The van der Waals surface area contributed by atoms with E-state index in [1.165, 1.54) is 0 Å². The monoisotopic (exact) mass is 188 g/mol. The SMILES string of the molecule is FC=CC(F)C(F)Br. The normalized spacial score (nSPS) is 19.0. The molecule has 0 radical (unpaired) electrons. The molecule has 0 heterocycles. The summed E-state index contributed by atoms with van der Waals surface area (Å²) in [5.41, 5.74) is 0. The first-order valence-corrected chi connectivity index (χ1v) is 2.79. The van der Waals surface area contributed by atoms with Crippen LogP contribution < -0.4 is 0 Å². The molecular weight excluding hydrogens is 185 g/mol. The predicted octanol–water partition coefficient (Wildman–Crippen LogP) is 2.50. The van der Waals surface area contributed by atoms with E-state index in [4.69, 9.17) is 0 Å². The molecule has 0 saturated carbocycles. The fourth-order valence-corrected chi connectivity index (χ4v) is 0.330. The first kappa shape index (κ1) is 8.01. The van der Waals surface area contributed by atoms with E-state index in [0.29, 0.717) is 6.08 Å². The van der Waals surface area contributed by atoms with Gasteiger partial charge in [0.1, 0.15) is 0 Å². The van der Waals surface area contributed by atoms with Gasteiger partial charge in [-0.3, -0.25) is 0 Å². The van der Waals surface area contributed by atoms with Gasteiger partial charge in [0, 0.05) is 0 Å². The zero-order chi connectivity index (χ0) is 6.57. The van der Waals surface area contributed by atoms with Crippen molar-refractivity contribution in [3.63, 3.8) is 0 Å². The second-order valence-corrected chi connectivity index (χ2v) is 1.97. The zero-order valence-corrected chi connectivity index (χ0v) is 5.41. The molecule has 0 aromatic rings. The van der Waals surface area contributed by atoms with Gasteiger partial charge < -0.3 is 0 Å². The largest absolute Gasteiger partial charge is 0.239 e. The van der Waals surface area contributed by atoms with E-state index in [1.54, 1.807) is 0 Å². The standard InChI is InChI=1S/C4H4BrF3/c5-4(8)3(7)1-2-6/h1-4H. The number of hydrogen-bond acceptors (Lipinski definition) is 0. The van der Waals surface area contributed by atoms with Crippen molar-refractivity contribution in [2.45, 2.75) is 11.3 Å². The van der Waals surface area contributed by atoms with Crippen LogP contribution in [0.2, 0.25) is 0 Å². The molecule has 0 aromatic heterocycles. The highest BCUT2D eigenvalue weighted by atomic mass is 79.9. The van der Waals surface area contributed by atoms with Gasteiger partial charge in [0.25, 0.3) is 0 Å². The lowest BCUT2D eigenvalue weighted by atomic mass is 10.4. The van der Waals surface area contributed by atoms with E-state index >= 15 is 0 Å². The van der Waals surface area contributed by atoms with E-state index in [2.05, 4.69) is 15.9 Å². The molecule has 0 bridgehead atoms. The summed E-state index contributed by atoms with van der Waals surface area (Å²) in [5, 5.41) is -1.81. The van der Waals surface area contributed by atoms with Crippen molar-refractivity contribution in [2.75, 3.05) is 0 Å². The third-order valence-electron chi connectivity index (χ3n) is 0.497. The number of alkyl halides is 3. The Morgan fingerprint density at radius 1 is 1.38 bits per heavy atom. The molecule has 2 unspecified atom stereocenters. The molecule has 8 heavy (non-hydrogen) atoms. The molecule has 0 fully saturated rings. The molecule has 0 amide bonds. The highest BCUT2D eigenvalue weighted by molar-refractivity contribution is 9.09. The van der Waals surface area contributed by atoms with Crippen LogP contribution in [0, 0.1) is 0 Å². The third kappa shape index (κ3) is 3.07. The molecule has 0 spiro atoms. The highest BCUT2D eigenvalue weighted by Gasteiger charge is 2.11. The lowest BCUT2D eigenvalue weighted by Crippen LogP contribution is -2.05. The first-order chi connectivity index (χ1) is 3.68. The van der Waals surface area contributed by atoms with Gasteiger partial charge in [0.05, 0.1) is 6.33 Å². The minimum atomic E-state index is -1.89. The fraction of sp³-hybridized carbons (Fsp3) is 0.500. The van der Waals surface area contributed by atoms with Gasteiger partial charge >= 0.3 is 0 Å². The Hall–Kier alpha value is 0.01000. The Bertz CT molecular complexity index is 81.4. The molecule has 0 N–H and O–H groups in total. The van der Waals surface area contributed by atoms with Crippen LogP contribution >= 0.6 is 15.9 Å². The van der Waals surface area contributed by atoms with Crippen molar-refractivity contribution >= 4 is 15.9 Å². The number of halogens is 4. The van der Waals surface area contributed by atoms with E-state index in [-0.39, 0.29) is 6.33 Å². The van der Waals surface area contributed by atoms with Crippen LogP contribution in [0.15, 0.2) is 12.4 Å². The van der Waals surface area contributed by atoms with Crippen molar-refractivity contribution < 1.29 is 13.2 Å².